The second-order valence-corrected chi connectivity index (χ2v) is 14.5. The van der Waals surface area contributed by atoms with Crippen LogP contribution in [0.25, 0.3) is 11.1 Å². The van der Waals surface area contributed by atoms with Gasteiger partial charge in [-0.3, -0.25) is 0 Å². The van der Waals surface area contributed by atoms with E-state index in [0.29, 0.717) is 12.8 Å². The zero-order chi connectivity index (χ0) is 33.1. The van der Waals surface area contributed by atoms with Gasteiger partial charge in [0.2, 0.25) is 0 Å². The average molecular weight is 660 g/mol. The van der Waals surface area contributed by atoms with Crippen molar-refractivity contribution in [2.75, 3.05) is 31.6 Å². The van der Waals surface area contributed by atoms with Gasteiger partial charge in [-0.1, -0.05) is 37.5 Å². The van der Waals surface area contributed by atoms with E-state index in [4.69, 9.17) is 0 Å². The number of aromatic hydroxyl groups is 2. The molecule has 2 N–H and O–H groups in total. The van der Waals surface area contributed by atoms with Crippen LogP contribution in [0, 0.1) is 0 Å². The maximum absolute atomic E-state index is 13.0. The highest BCUT2D eigenvalue weighted by atomic mass is 32.2. The van der Waals surface area contributed by atoms with E-state index in [1.165, 1.54) is 16.7 Å². The molecule has 0 atom stereocenters. The lowest BCUT2D eigenvalue weighted by molar-refractivity contribution is -0.284. The van der Waals surface area contributed by atoms with Crippen molar-refractivity contribution in [2.45, 2.75) is 95.6 Å². The van der Waals surface area contributed by atoms with E-state index in [2.05, 4.69) is 11.9 Å². The Labute approximate surface area is 264 Å². The van der Waals surface area contributed by atoms with Gasteiger partial charge in [0.05, 0.1) is 11.5 Å². The second kappa shape index (κ2) is 16.8. The molecule has 0 amide bonds. The number of aryl methyl sites for hydroxylation is 1. The Morgan fingerprint density at radius 1 is 0.778 bits per heavy atom. The lowest BCUT2D eigenvalue weighted by atomic mass is 9.89. The van der Waals surface area contributed by atoms with Gasteiger partial charge in [-0.15, -0.1) is 0 Å². The number of hydrogen-bond donors (Lipinski definition) is 2. The van der Waals surface area contributed by atoms with E-state index >= 15 is 0 Å². The summed E-state index contributed by atoms with van der Waals surface area (Å²) in [5.74, 6) is -5.21. The molecule has 0 aliphatic heterocycles. The van der Waals surface area contributed by atoms with Crippen molar-refractivity contribution in [3.8, 4) is 11.5 Å². The third-order valence-corrected chi connectivity index (χ3v) is 10.2. The third-order valence-electron chi connectivity index (χ3n) is 8.42. The predicted molar refractivity (Wildman–Crippen MR) is 169 cm³/mol. The molecule has 0 radical (unpaired) electrons. The molecule has 0 saturated heterocycles. The summed E-state index contributed by atoms with van der Waals surface area (Å²) in [5.41, 5.74) is 5.90. The van der Waals surface area contributed by atoms with Gasteiger partial charge in [-0.05, 0) is 130 Å². The molecule has 0 aromatic heterocycles. The summed E-state index contributed by atoms with van der Waals surface area (Å²) in [7, 11) is -1.60. The van der Waals surface area contributed by atoms with Crippen LogP contribution in [0.3, 0.4) is 0 Å². The number of allylic oxidation sites excluding steroid dienone is 2. The van der Waals surface area contributed by atoms with E-state index in [-0.39, 0.29) is 17.3 Å². The summed E-state index contributed by atoms with van der Waals surface area (Å²) >= 11 is 0. The van der Waals surface area contributed by atoms with Crippen LogP contribution in [0.4, 0.5) is 22.0 Å². The monoisotopic (exact) mass is 659 g/mol. The van der Waals surface area contributed by atoms with Crippen molar-refractivity contribution in [2.24, 2.45) is 0 Å². The minimum atomic E-state index is -5.66. The number of fused-ring (bicyclic) bond motifs is 1. The zero-order valence-corrected chi connectivity index (χ0v) is 26.8. The number of halogens is 5. The van der Waals surface area contributed by atoms with E-state index in [1.807, 2.05) is 30.3 Å². The van der Waals surface area contributed by atoms with E-state index in [1.54, 1.807) is 12.1 Å². The summed E-state index contributed by atoms with van der Waals surface area (Å²) in [6, 6.07) is 13.0. The van der Waals surface area contributed by atoms with Crippen molar-refractivity contribution in [3.63, 3.8) is 0 Å². The molecule has 252 valence electrons. The number of sulfone groups is 1. The molecule has 3 rings (SSSR count). The molecule has 0 heterocycles. The minimum absolute atomic E-state index is 0.199. The van der Waals surface area contributed by atoms with Crippen LogP contribution < -0.4 is 0 Å². The quantitative estimate of drug-likeness (QED) is 0.124. The van der Waals surface area contributed by atoms with Gasteiger partial charge in [0.1, 0.15) is 21.3 Å². The van der Waals surface area contributed by atoms with Gasteiger partial charge in [0.15, 0.2) is 0 Å². The van der Waals surface area contributed by atoms with Gasteiger partial charge in [0.25, 0.3) is 0 Å². The molecular formula is C34H46F5NO4S. The first kappa shape index (κ1) is 36.8. The first-order chi connectivity index (χ1) is 21.2. The molecule has 0 spiro atoms. The van der Waals surface area contributed by atoms with Crippen LogP contribution in [0.5, 0.6) is 11.5 Å². The lowest BCUT2D eigenvalue weighted by Crippen LogP contribution is -2.36. The van der Waals surface area contributed by atoms with E-state index < -0.39 is 40.5 Å². The Morgan fingerprint density at radius 2 is 1.42 bits per heavy atom. The molecule has 0 fully saturated rings. The molecule has 0 bridgehead atoms. The second-order valence-electron chi connectivity index (χ2n) is 12.2. The molecule has 45 heavy (non-hydrogen) atoms. The number of hydrogen-bond acceptors (Lipinski definition) is 5. The molecular weight excluding hydrogens is 613 g/mol. The van der Waals surface area contributed by atoms with Crippen LogP contribution in [0.2, 0.25) is 0 Å². The fourth-order valence-electron chi connectivity index (χ4n) is 5.94. The predicted octanol–water partition coefficient (Wildman–Crippen LogP) is 8.79. The van der Waals surface area contributed by atoms with Crippen LogP contribution >= 0.6 is 0 Å². The first-order valence-corrected chi connectivity index (χ1v) is 17.7. The fraction of sp³-hybridized carbons (Fsp3) is 0.588. The molecule has 11 heteroatoms. The summed E-state index contributed by atoms with van der Waals surface area (Å²) < 4.78 is 86.7. The van der Waals surface area contributed by atoms with Crippen LogP contribution in [-0.4, -0.2) is 67.3 Å². The molecule has 1 aliphatic carbocycles. The number of nitrogens with zero attached hydrogens (tertiary/aromatic N) is 1. The van der Waals surface area contributed by atoms with E-state index in [9.17, 15) is 40.6 Å². The number of rotatable bonds is 18. The Balaban J connectivity index is 1.36. The highest BCUT2D eigenvalue weighted by Gasteiger charge is 2.56. The van der Waals surface area contributed by atoms with Crippen molar-refractivity contribution in [1.29, 1.82) is 0 Å². The molecule has 2 aromatic rings. The number of phenolic OH excluding ortho intramolecular Hbond substituents is 2. The normalized spacial score (nSPS) is 14.6. The number of benzene rings is 2. The van der Waals surface area contributed by atoms with Gasteiger partial charge >= 0.3 is 12.1 Å². The Hall–Kier alpha value is -2.66. The minimum Gasteiger partial charge on any atom is -0.508 e. The molecule has 5 nitrogen and oxygen atoms in total. The topological polar surface area (TPSA) is 77.8 Å². The fourth-order valence-corrected chi connectivity index (χ4v) is 7.37. The van der Waals surface area contributed by atoms with Crippen molar-refractivity contribution >= 4 is 21.0 Å². The Kier molecular flexibility index (Phi) is 13.7. The van der Waals surface area contributed by atoms with Crippen molar-refractivity contribution < 1.29 is 40.6 Å². The lowest BCUT2D eigenvalue weighted by Gasteiger charge is -2.19. The van der Waals surface area contributed by atoms with Gasteiger partial charge < -0.3 is 15.1 Å². The van der Waals surface area contributed by atoms with Crippen LogP contribution in [0.15, 0.2) is 42.5 Å². The number of alkyl halides is 5. The SMILES string of the molecule is CN(CCCCCCS(=O)(=O)CCCC(F)(F)C(F)(F)F)CCCCCC1=C(c2cccc(O)c2)CCCc2cc(O)ccc21. The number of phenols is 2. The smallest absolute Gasteiger partial charge is 0.453 e. The Bertz CT molecular complexity index is 1370. The van der Waals surface area contributed by atoms with E-state index in [0.717, 1.165) is 82.0 Å². The first-order valence-electron chi connectivity index (χ1n) is 15.9. The highest BCUT2D eigenvalue weighted by Crippen LogP contribution is 2.41. The molecule has 0 unspecified atom stereocenters. The maximum atomic E-state index is 13.0. The standard InChI is InChI=1S/C34H46F5NO4S/c1-40(20-6-2-3-8-22-45(43,44)23-11-19-33(35,36)34(37,38)39)21-7-4-5-15-32-30(26-12-9-14-28(41)24-26)16-10-13-27-25-29(42)17-18-31(27)32/h9,12,14,17-18,24-25,41-42H,2-8,10-11,13,15-16,19-23H2,1H3. The van der Waals surface area contributed by atoms with Crippen molar-refractivity contribution in [1.82, 2.24) is 4.90 Å². The van der Waals surface area contributed by atoms with Gasteiger partial charge in [0, 0.05) is 6.42 Å². The number of unbranched alkanes of at least 4 members (excludes halogenated alkanes) is 5. The maximum Gasteiger partial charge on any atom is 0.453 e. The molecule has 1 aliphatic rings. The van der Waals surface area contributed by atoms with Gasteiger partial charge in [-0.25, -0.2) is 8.42 Å². The summed E-state index contributed by atoms with van der Waals surface area (Å²) in [6.45, 7) is 1.79. The largest absolute Gasteiger partial charge is 0.508 e. The average Bonchev–Trinajstić information content (AvgIpc) is 3.12. The van der Waals surface area contributed by atoms with Gasteiger partial charge in [-0.2, -0.15) is 22.0 Å². The summed E-state index contributed by atoms with van der Waals surface area (Å²) in [4.78, 5) is 2.25. The molecule has 0 saturated carbocycles. The van der Waals surface area contributed by atoms with Crippen LogP contribution in [-0.2, 0) is 16.3 Å². The van der Waals surface area contributed by atoms with Crippen molar-refractivity contribution in [3.05, 3.63) is 59.2 Å². The third kappa shape index (κ3) is 11.9. The summed E-state index contributed by atoms with van der Waals surface area (Å²) in [6.07, 6.45) is 1.58. The summed E-state index contributed by atoms with van der Waals surface area (Å²) in [5, 5.41) is 20.2. The Morgan fingerprint density at radius 3 is 2.11 bits per heavy atom. The zero-order valence-electron chi connectivity index (χ0n) is 26.0. The highest BCUT2D eigenvalue weighted by molar-refractivity contribution is 7.91. The molecule has 2 aromatic carbocycles. The van der Waals surface area contributed by atoms with Crippen LogP contribution in [0.1, 0.15) is 93.7 Å².